The number of halogens is 2. The second-order valence-electron chi connectivity index (χ2n) is 4.30. The maximum atomic E-state index is 5.96. The molecule has 1 N–H and O–H groups in total. The summed E-state index contributed by atoms with van der Waals surface area (Å²) in [6.07, 6.45) is 0. The van der Waals surface area contributed by atoms with E-state index >= 15 is 0 Å². The Morgan fingerprint density at radius 3 is 2.81 bits per heavy atom. The standard InChI is InChI=1S/C14H10ClIN4O/c15-11-3-1-2-9(6-11)8-21-13-5-4-10(7-12(13)16)14-17-19-20-18-14/h1-7H,8H2,(H,17,18,19,20). The van der Waals surface area contributed by atoms with Crippen molar-refractivity contribution in [3.63, 3.8) is 0 Å². The van der Waals surface area contributed by atoms with Gasteiger partial charge in [0.25, 0.3) is 0 Å². The highest BCUT2D eigenvalue weighted by Gasteiger charge is 2.07. The molecule has 0 spiro atoms. The first kappa shape index (κ1) is 14.3. The fourth-order valence-electron chi connectivity index (χ4n) is 1.83. The van der Waals surface area contributed by atoms with E-state index in [0.29, 0.717) is 17.5 Å². The number of nitrogens with one attached hydrogen (secondary N) is 1. The average Bonchev–Trinajstić information content (AvgIpc) is 3.00. The van der Waals surface area contributed by atoms with Gasteiger partial charge in [-0.3, -0.25) is 0 Å². The largest absolute Gasteiger partial charge is 0.488 e. The highest BCUT2D eigenvalue weighted by molar-refractivity contribution is 14.1. The Hall–Kier alpha value is -1.67. The lowest BCUT2D eigenvalue weighted by Gasteiger charge is -2.09. The lowest BCUT2D eigenvalue weighted by molar-refractivity contribution is 0.304. The molecule has 0 saturated carbocycles. The molecule has 3 aromatic rings. The minimum Gasteiger partial charge on any atom is -0.488 e. The minimum absolute atomic E-state index is 0.470. The molecule has 0 saturated heterocycles. The molecule has 0 unspecified atom stereocenters. The summed E-state index contributed by atoms with van der Waals surface area (Å²) in [6.45, 7) is 0.470. The number of benzene rings is 2. The van der Waals surface area contributed by atoms with Crippen molar-refractivity contribution in [3.8, 4) is 17.1 Å². The number of nitrogens with zero attached hydrogens (tertiary/aromatic N) is 3. The van der Waals surface area contributed by atoms with Crippen LogP contribution in [0.2, 0.25) is 5.02 Å². The molecule has 0 aliphatic heterocycles. The van der Waals surface area contributed by atoms with Crippen LogP contribution in [0, 0.1) is 3.57 Å². The first-order valence-electron chi connectivity index (χ1n) is 6.13. The lowest BCUT2D eigenvalue weighted by atomic mass is 10.2. The maximum absolute atomic E-state index is 5.96. The summed E-state index contributed by atoms with van der Waals surface area (Å²) in [7, 11) is 0. The normalized spacial score (nSPS) is 10.6. The van der Waals surface area contributed by atoms with Crippen LogP contribution in [0.15, 0.2) is 42.5 Å². The van der Waals surface area contributed by atoms with Gasteiger partial charge in [0, 0.05) is 10.6 Å². The molecule has 7 heteroatoms. The SMILES string of the molecule is Clc1cccc(COc2ccc(-c3nn[nH]n3)cc2I)c1. The van der Waals surface area contributed by atoms with Crippen LogP contribution in [0.1, 0.15) is 5.56 Å². The van der Waals surface area contributed by atoms with Crippen LogP contribution in [-0.2, 0) is 6.61 Å². The zero-order chi connectivity index (χ0) is 14.7. The summed E-state index contributed by atoms with van der Waals surface area (Å²) in [5.41, 5.74) is 1.92. The molecular formula is C14H10ClIN4O. The molecule has 0 aliphatic carbocycles. The smallest absolute Gasteiger partial charge is 0.204 e. The van der Waals surface area contributed by atoms with E-state index in [1.165, 1.54) is 0 Å². The number of hydrogen-bond donors (Lipinski definition) is 1. The molecule has 5 nitrogen and oxygen atoms in total. The van der Waals surface area contributed by atoms with E-state index in [-0.39, 0.29) is 0 Å². The van der Waals surface area contributed by atoms with Crippen molar-refractivity contribution in [3.05, 3.63) is 56.6 Å². The van der Waals surface area contributed by atoms with Gasteiger partial charge in [-0.05, 0) is 63.7 Å². The second-order valence-corrected chi connectivity index (χ2v) is 5.90. The molecule has 21 heavy (non-hydrogen) atoms. The van der Waals surface area contributed by atoms with Gasteiger partial charge in [0.2, 0.25) is 5.82 Å². The summed E-state index contributed by atoms with van der Waals surface area (Å²) in [4.78, 5) is 0. The van der Waals surface area contributed by atoms with Crippen LogP contribution in [0.4, 0.5) is 0 Å². The Balaban J connectivity index is 1.74. The topological polar surface area (TPSA) is 63.7 Å². The summed E-state index contributed by atoms with van der Waals surface area (Å²) in [5.74, 6) is 1.37. The van der Waals surface area contributed by atoms with Crippen LogP contribution in [0.5, 0.6) is 5.75 Å². The van der Waals surface area contributed by atoms with Gasteiger partial charge in [0.05, 0.1) is 3.57 Å². The van der Waals surface area contributed by atoms with Gasteiger partial charge in [0.1, 0.15) is 12.4 Å². The molecule has 0 bridgehead atoms. The molecule has 0 radical (unpaired) electrons. The Morgan fingerprint density at radius 2 is 2.10 bits per heavy atom. The van der Waals surface area contributed by atoms with Crippen LogP contribution in [0.3, 0.4) is 0 Å². The van der Waals surface area contributed by atoms with Crippen LogP contribution < -0.4 is 4.74 Å². The highest BCUT2D eigenvalue weighted by Crippen LogP contribution is 2.26. The number of H-pyrrole nitrogens is 1. The van der Waals surface area contributed by atoms with Crippen molar-refractivity contribution in [1.29, 1.82) is 0 Å². The van der Waals surface area contributed by atoms with Crippen molar-refractivity contribution in [2.75, 3.05) is 0 Å². The van der Waals surface area contributed by atoms with Gasteiger partial charge in [-0.1, -0.05) is 23.7 Å². The summed E-state index contributed by atoms with van der Waals surface area (Å²) in [6, 6.07) is 13.4. The summed E-state index contributed by atoms with van der Waals surface area (Å²) < 4.78 is 6.80. The monoisotopic (exact) mass is 412 g/mol. The summed E-state index contributed by atoms with van der Waals surface area (Å²) in [5, 5.41) is 14.6. The molecule has 1 aromatic heterocycles. The van der Waals surface area contributed by atoms with Crippen molar-refractivity contribution < 1.29 is 4.74 Å². The zero-order valence-corrected chi connectivity index (χ0v) is 13.7. The van der Waals surface area contributed by atoms with Crippen molar-refractivity contribution in [2.24, 2.45) is 0 Å². The Morgan fingerprint density at radius 1 is 1.19 bits per heavy atom. The van der Waals surface area contributed by atoms with Gasteiger partial charge >= 0.3 is 0 Å². The van der Waals surface area contributed by atoms with Crippen LogP contribution in [-0.4, -0.2) is 20.6 Å². The average molecular weight is 413 g/mol. The van der Waals surface area contributed by atoms with Gasteiger partial charge in [-0.2, -0.15) is 5.21 Å². The molecule has 1 heterocycles. The molecule has 0 fully saturated rings. The third kappa shape index (κ3) is 3.51. The van der Waals surface area contributed by atoms with E-state index in [4.69, 9.17) is 16.3 Å². The molecule has 0 atom stereocenters. The van der Waals surface area contributed by atoms with Crippen molar-refractivity contribution in [1.82, 2.24) is 20.6 Å². The highest BCUT2D eigenvalue weighted by atomic mass is 127. The van der Waals surface area contributed by atoms with Crippen molar-refractivity contribution in [2.45, 2.75) is 6.61 Å². The number of tetrazole rings is 1. The van der Waals surface area contributed by atoms with E-state index in [1.807, 2.05) is 42.5 Å². The quantitative estimate of drug-likeness (QED) is 0.664. The number of ether oxygens (including phenoxy) is 1. The third-order valence-electron chi connectivity index (χ3n) is 2.82. The maximum Gasteiger partial charge on any atom is 0.204 e. The van der Waals surface area contributed by atoms with Gasteiger partial charge in [-0.15, -0.1) is 10.2 Å². The van der Waals surface area contributed by atoms with Crippen LogP contribution >= 0.6 is 34.2 Å². The van der Waals surface area contributed by atoms with Gasteiger partial charge in [0.15, 0.2) is 0 Å². The minimum atomic E-state index is 0.470. The molecule has 2 aromatic carbocycles. The Labute approximate surface area is 139 Å². The Bertz CT molecular complexity index is 748. The first-order valence-corrected chi connectivity index (χ1v) is 7.58. The number of aromatic nitrogens is 4. The second kappa shape index (κ2) is 6.40. The molecule has 0 amide bonds. The van der Waals surface area contributed by atoms with E-state index in [1.54, 1.807) is 0 Å². The summed E-state index contributed by atoms with van der Waals surface area (Å²) >= 11 is 8.18. The van der Waals surface area contributed by atoms with Crippen molar-refractivity contribution >= 4 is 34.2 Å². The van der Waals surface area contributed by atoms with Gasteiger partial charge in [-0.25, -0.2) is 0 Å². The van der Waals surface area contributed by atoms with E-state index in [9.17, 15) is 0 Å². The van der Waals surface area contributed by atoms with Crippen LogP contribution in [0.25, 0.3) is 11.4 Å². The Kier molecular flexibility index (Phi) is 4.35. The first-order chi connectivity index (χ1) is 10.2. The van der Waals surface area contributed by atoms with E-state index < -0.39 is 0 Å². The van der Waals surface area contributed by atoms with Gasteiger partial charge < -0.3 is 4.74 Å². The molecule has 3 rings (SSSR count). The number of rotatable bonds is 4. The predicted octanol–water partition coefficient (Wildman–Crippen LogP) is 3.70. The molecule has 106 valence electrons. The fraction of sp³-hybridized carbons (Fsp3) is 0.0714. The molecular weight excluding hydrogens is 403 g/mol. The number of aromatic amines is 1. The third-order valence-corrected chi connectivity index (χ3v) is 3.90. The zero-order valence-electron chi connectivity index (χ0n) is 10.8. The predicted molar refractivity (Wildman–Crippen MR) is 88.1 cm³/mol. The van der Waals surface area contributed by atoms with E-state index in [2.05, 4.69) is 43.2 Å². The van der Waals surface area contributed by atoms with E-state index in [0.717, 1.165) is 20.4 Å². The molecule has 0 aliphatic rings. The lowest BCUT2D eigenvalue weighted by Crippen LogP contribution is -1.97. The number of hydrogen-bond acceptors (Lipinski definition) is 4. The fourth-order valence-corrected chi connectivity index (χ4v) is 2.71.